The number of aromatic hydroxyl groups is 1. The average molecular weight is 468 g/mol. The largest absolute Gasteiger partial charge is 0.493 e. The molecule has 0 atom stereocenters. The van der Waals surface area contributed by atoms with Crippen molar-refractivity contribution in [2.75, 3.05) is 0 Å². The highest BCUT2D eigenvalue weighted by atomic mass is 32.1. The molecule has 0 aliphatic carbocycles. The molecule has 0 amide bonds. The second-order valence-corrected chi connectivity index (χ2v) is 9.02. The predicted molar refractivity (Wildman–Crippen MR) is 124 cm³/mol. The molecular formula is C23H21N3O4S2. The molecule has 0 unspecified atom stereocenters. The van der Waals surface area contributed by atoms with Crippen LogP contribution in [0.3, 0.4) is 0 Å². The Morgan fingerprint density at radius 3 is 2.91 bits per heavy atom. The van der Waals surface area contributed by atoms with E-state index in [1.165, 1.54) is 11.3 Å². The van der Waals surface area contributed by atoms with E-state index in [-0.39, 0.29) is 12.3 Å². The number of thiazole rings is 1. The number of aliphatic carboxylic acids is 1. The number of nitrogens with zero attached hydrogens (tertiary/aromatic N) is 2. The number of fused-ring (bicyclic) bond motifs is 1. The van der Waals surface area contributed by atoms with E-state index in [0.29, 0.717) is 38.3 Å². The number of nitrogens with one attached hydrogen (secondary N) is 1. The number of carbonyl (C=O) groups is 1. The van der Waals surface area contributed by atoms with Crippen molar-refractivity contribution in [2.24, 2.45) is 4.99 Å². The summed E-state index contributed by atoms with van der Waals surface area (Å²) in [5.41, 5.74) is 2.40. The van der Waals surface area contributed by atoms with Crippen molar-refractivity contribution in [3.63, 3.8) is 0 Å². The molecule has 2 aromatic heterocycles. The smallest absolute Gasteiger partial charge is 0.303 e. The van der Waals surface area contributed by atoms with Gasteiger partial charge in [0, 0.05) is 36.0 Å². The Bertz CT molecular complexity index is 1490. The van der Waals surface area contributed by atoms with Gasteiger partial charge in [0.05, 0.1) is 15.9 Å². The number of hydrogen-bond acceptors (Lipinski definition) is 7. The Labute approximate surface area is 192 Å². The summed E-state index contributed by atoms with van der Waals surface area (Å²) in [7, 11) is 0. The van der Waals surface area contributed by atoms with Crippen LogP contribution in [0.15, 0.2) is 52.0 Å². The van der Waals surface area contributed by atoms with Gasteiger partial charge in [-0.25, -0.2) is 0 Å². The maximum absolute atomic E-state index is 10.6. The Kier molecular flexibility index (Phi) is 6.48. The Morgan fingerprint density at radius 1 is 1.25 bits per heavy atom. The zero-order chi connectivity index (χ0) is 22.7. The molecular weight excluding hydrogens is 446 g/mol. The van der Waals surface area contributed by atoms with Crippen LogP contribution in [0.1, 0.15) is 36.1 Å². The Morgan fingerprint density at radius 2 is 2.09 bits per heavy atom. The van der Waals surface area contributed by atoms with E-state index < -0.39 is 5.97 Å². The molecule has 0 saturated heterocycles. The number of carboxylic acid groups (broad SMARTS) is 1. The third-order valence-electron chi connectivity index (χ3n) is 5.09. The van der Waals surface area contributed by atoms with E-state index in [1.807, 2.05) is 30.3 Å². The molecule has 4 rings (SSSR count). The van der Waals surface area contributed by atoms with Crippen molar-refractivity contribution in [3.8, 4) is 5.88 Å². The van der Waals surface area contributed by atoms with Crippen LogP contribution in [-0.2, 0) is 11.3 Å². The van der Waals surface area contributed by atoms with Gasteiger partial charge in [0.1, 0.15) is 10.8 Å². The maximum atomic E-state index is 10.6. The second-order valence-electron chi connectivity index (χ2n) is 7.35. The number of furan rings is 1. The normalized spacial score (nSPS) is 14.4. The van der Waals surface area contributed by atoms with E-state index in [9.17, 15) is 9.90 Å². The second kappa shape index (κ2) is 9.46. The van der Waals surface area contributed by atoms with Crippen LogP contribution in [0.4, 0.5) is 0 Å². The fourth-order valence-corrected chi connectivity index (χ4v) is 4.74. The monoisotopic (exact) mass is 467 g/mol. The van der Waals surface area contributed by atoms with Crippen LogP contribution in [0, 0.1) is 20.0 Å². The van der Waals surface area contributed by atoms with E-state index in [1.54, 1.807) is 22.9 Å². The maximum Gasteiger partial charge on any atom is 0.303 e. The summed E-state index contributed by atoms with van der Waals surface area (Å²) in [4.78, 5) is 15.5. The van der Waals surface area contributed by atoms with Crippen molar-refractivity contribution in [3.05, 3.63) is 78.4 Å². The van der Waals surface area contributed by atoms with Crippen molar-refractivity contribution in [1.82, 2.24) is 4.57 Å². The van der Waals surface area contributed by atoms with Crippen LogP contribution in [0.25, 0.3) is 6.08 Å². The van der Waals surface area contributed by atoms with E-state index in [0.717, 1.165) is 29.0 Å². The van der Waals surface area contributed by atoms with Gasteiger partial charge in [0.15, 0.2) is 3.95 Å². The van der Waals surface area contributed by atoms with Gasteiger partial charge < -0.3 is 20.0 Å². The zero-order valence-corrected chi connectivity index (χ0v) is 18.7. The minimum Gasteiger partial charge on any atom is -0.493 e. The van der Waals surface area contributed by atoms with Crippen LogP contribution in [0.2, 0.25) is 0 Å². The number of allylic oxidation sites excluding steroid dienone is 1. The number of carboxylic acids is 1. The first kappa shape index (κ1) is 21.9. The quantitative estimate of drug-likeness (QED) is 0.361. The third kappa shape index (κ3) is 4.79. The fourth-order valence-electron chi connectivity index (χ4n) is 3.44. The number of benzene rings is 1. The molecule has 0 radical (unpaired) electrons. The highest BCUT2D eigenvalue weighted by molar-refractivity contribution is 7.73. The van der Waals surface area contributed by atoms with Gasteiger partial charge in [-0.15, -0.1) is 11.3 Å². The first-order valence-corrected chi connectivity index (χ1v) is 11.3. The van der Waals surface area contributed by atoms with Crippen LogP contribution < -0.4 is 10.8 Å². The molecule has 0 spiro atoms. The lowest BCUT2D eigenvalue weighted by atomic mass is 10.1. The molecule has 1 aromatic carbocycles. The van der Waals surface area contributed by atoms with E-state index >= 15 is 0 Å². The minimum absolute atomic E-state index is 0.0896. The molecule has 3 N–H and O–H groups in total. The molecule has 0 saturated carbocycles. The van der Waals surface area contributed by atoms with Crippen LogP contribution >= 0.6 is 23.6 Å². The van der Waals surface area contributed by atoms with Gasteiger partial charge in [-0.2, -0.15) is 0 Å². The molecule has 0 bridgehead atoms. The van der Waals surface area contributed by atoms with Crippen LogP contribution in [0.5, 0.6) is 5.88 Å². The van der Waals surface area contributed by atoms with Crippen LogP contribution in [-0.4, -0.2) is 26.5 Å². The molecule has 164 valence electrons. The van der Waals surface area contributed by atoms with Gasteiger partial charge in [-0.05, 0) is 61.5 Å². The molecule has 7 nitrogen and oxygen atoms in total. The number of unbranched alkanes of at least 4 members (excludes halogenated alkanes) is 2. The minimum atomic E-state index is -0.796. The Balaban J connectivity index is 1.60. The Hall–Kier alpha value is -3.30. The van der Waals surface area contributed by atoms with Gasteiger partial charge in [0.2, 0.25) is 5.88 Å². The van der Waals surface area contributed by atoms with Gasteiger partial charge in [-0.1, -0.05) is 6.42 Å². The summed E-state index contributed by atoms with van der Waals surface area (Å²) in [5, 5.41) is 29.0. The topological polar surface area (TPSA) is 112 Å². The zero-order valence-electron chi connectivity index (χ0n) is 17.1. The lowest BCUT2D eigenvalue weighted by Crippen LogP contribution is -2.16. The number of hydrogen-bond donors (Lipinski definition) is 3. The highest BCUT2D eigenvalue weighted by Crippen LogP contribution is 2.27. The molecule has 3 aromatic rings. The molecule has 32 heavy (non-hydrogen) atoms. The van der Waals surface area contributed by atoms with Gasteiger partial charge in [-0.3, -0.25) is 14.4 Å². The van der Waals surface area contributed by atoms with Crippen molar-refractivity contribution in [1.29, 1.82) is 5.41 Å². The molecule has 0 fully saturated rings. The molecule has 9 heteroatoms. The lowest BCUT2D eigenvalue weighted by molar-refractivity contribution is -0.137. The van der Waals surface area contributed by atoms with Crippen molar-refractivity contribution >= 4 is 41.3 Å². The van der Waals surface area contributed by atoms with Gasteiger partial charge >= 0.3 is 5.97 Å². The summed E-state index contributed by atoms with van der Waals surface area (Å²) in [6, 6.07) is 9.32. The molecule has 1 aliphatic heterocycles. The van der Waals surface area contributed by atoms with Gasteiger partial charge in [0.25, 0.3) is 0 Å². The summed E-state index contributed by atoms with van der Waals surface area (Å²) >= 11 is 6.69. The molecule has 3 heterocycles. The van der Waals surface area contributed by atoms with E-state index in [4.69, 9.17) is 27.2 Å². The standard InChI is InChI=1S/C23H21N3O4S2/c24-17-9-10-25-18-7-5-14(12-16(17)18)19-8-6-15(30-19)13-20-22(29)26(23(31)32-20)11-3-1-2-4-21(27)28/h5-10,12-13,24,29H,1-4,11H2,(H,27,28)/b15-13-,19-14+,24-17?. The fraction of sp³-hybridized carbons (Fsp3) is 0.217. The average Bonchev–Trinajstić information content (AvgIpc) is 3.33. The van der Waals surface area contributed by atoms with Crippen molar-refractivity contribution < 1.29 is 19.4 Å². The van der Waals surface area contributed by atoms with Crippen molar-refractivity contribution in [2.45, 2.75) is 32.2 Å². The first-order chi connectivity index (χ1) is 15.4. The molecule has 1 aliphatic rings. The first-order valence-electron chi connectivity index (χ1n) is 10.1. The van der Waals surface area contributed by atoms with E-state index in [2.05, 4.69) is 4.99 Å². The highest BCUT2D eigenvalue weighted by Gasteiger charge is 2.10. The summed E-state index contributed by atoms with van der Waals surface area (Å²) in [5.74, 6) is -0.706. The lowest BCUT2D eigenvalue weighted by Gasteiger charge is -2.04. The number of aromatic nitrogens is 1. The SMILES string of the molecule is N=C1C=CN=c2cc/c(=c3/cc/c(=C/c4sc(=S)n(CCCCCC(=O)O)c4O)o3)cc21. The predicted octanol–water partition coefficient (Wildman–Crippen LogP) is 3.85. The summed E-state index contributed by atoms with van der Waals surface area (Å²) in [6.45, 7) is 0.540. The summed E-state index contributed by atoms with van der Waals surface area (Å²) in [6.07, 6.45) is 7.27. The third-order valence-corrected chi connectivity index (χ3v) is 6.48. The number of rotatable bonds is 7. The summed E-state index contributed by atoms with van der Waals surface area (Å²) < 4.78 is 8.19.